The molecule has 2 aromatic rings. The molecule has 2 rings (SSSR count). The lowest BCUT2D eigenvalue weighted by atomic mass is 10.1. The summed E-state index contributed by atoms with van der Waals surface area (Å²) in [5, 5.41) is 17.8. The number of nitrogens with one attached hydrogen (secondary N) is 2. The number of hydrogen-bond acceptors (Lipinski definition) is 4. The standard InChI is InChI=1S/C12H12N4O3/c1-6-5-8(3-4-9(6)12(18)19)14-11(17)10-13-7(2)15-16-10/h3-5H,1-2H3,(H,14,17)(H,18,19)(H,13,15,16). The maximum atomic E-state index is 11.8. The van der Waals surface area contributed by atoms with E-state index in [1.807, 2.05) is 0 Å². The van der Waals surface area contributed by atoms with Crippen LogP contribution in [0.15, 0.2) is 18.2 Å². The van der Waals surface area contributed by atoms with Crippen molar-refractivity contribution in [1.29, 1.82) is 0 Å². The topological polar surface area (TPSA) is 108 Å². The first kappa shape index (κ1) is 12.7. The van der Waals surface area contributed by atoms with Crippen molar-refractivity contribution in [3.8, 4) is 0 Å². The van der Waals surface area contributed by atoms with Gasteiger partial charge >= 0.3 is 5.97 Å². The summed E-state index contributed by atoms with van der Waals surface area (Å²) in [4.78, 5) is 26.6. The van der Waals surface area contributed by atoms with Crippen molar-refractivity contribution >= 4 is 17.6 Å². The summed E-state index contributed by atoms with van der Waals surface area (Å²) in [7, 11) is 0. The van der Waals surface area contributed by atoms with Gasteiger partial charge in [0.1, 0.15) is 5.82 Å². The number of nitrogens with zero attached hydrogens (tertiary/aromatic N) is 2. The molecule has 0 spiro atoms. The van der Waals surface area contributed by atoms with Crippen molar-refractivity contribution in [3.05, 3.63) is 41.0 Å². The second kappa shape index (κ2) is 4.89. The van der Waals surface area contributed by atoms with Gasteiger partial charge in [-0.15, -0.1) is 5.10 Å². The van der Waals surface area contributed by atoms with Crippen LogP contribution in [0.5, 0.6) is 0 Å². The number of benzene rings is 1. The van der Waals surface area contributed by atoms with Crippen LogP contribution in [0.25, 0.3) is 0 Å². The molecule has 0 saturated carbocycles. The maximum Gasteiger partial charge on any atom is 0.335 e. The lowest BCUT2D eigenvalue weighted by Crippen LogP contribution is -2.14. The molecule has 0 fully saturated rings. The highest BCUT2D eigenvalue weighted by Gasteiger charge is 2.13. The minimum Gasteiger partial charge on any atom is -0.478 e. The second-order valence-electron chi connectivity index (χ2n) is 4.03. The number of carboxylic acid groups (broad SMARTS) is 1. The molecule has 3 N–H and O–H groups in total. The Labute approximate surface area is 108 Å². The monoisotopic (exact) mass is 260 g/mol. The van der Waals surface area contributed by atoms with E-state index in [0.29, 0.717) is 17.1 Å². The zero-order chi connectivity index (χ0) is 14.0. The number of anilines is 1. The summed E-state index contributed by atoms with van der Waals surface area (Å²) in [5.41, 5.74) is 1.26. The van der Waals surface area contributed by atoms with Crippen molar-refractivity contribution in [2.45, 2.75) is 13.8 Å². The van der Waals surface area contributed by atoms with Crippen molar-refractivity contribution < 1.29 is 14.7 Å². The number of H-pyrrole nitrogens is 1. The van der Waals surface area contributed by atoms with Crippen LogP contribution < -0.4 is 5.32 Å². The zero-order valence-electron chi connectivity index (χ0n) is 10.4. The first-order valence-electron chi connectivity index (χ1n) is 5.51. The van der Waals surface area contributed by atoms with Crippen LogP contribution >= 0.6 is 0 Å². The third-order valence-electron chi connectivity index (χ3n) is 2.51. The van der Waals surface area contributed by atoms with Crippen LogP contribution in [-0.2, 0) is 0 Å². The molecule has 7 nitrogen and oxygen atoms in total. The van der Waals surface area contributed by atoms with E-state index in [1.54, 1.807) is 19.9 Å². The average molecular weight is 260 g/mol. The summed E-state index contributed by atoms with van der Waals surface area (Å²) in [5.74, 6) is -0.869. The molecule has 0 aliphatic rings. The Morgan fingerprint density at radius 2 is 2.05 bits per heavy atom. The number of amides is 1. The molecule has 98 valence electrons. The van der Waals surface area contributed by atoms with E-state index in [9.17, 15) is 9.59 Å². The van der Waals surface area contributed by atoms with Gasteiger partial charge in [0.25, 0.3) is 5.91 Å². The second-order valence-corrected chi connectivity index (χ2v) is 4.03. The number of carbonyl (C=O) groups excluding carboxylic acids is 1. The Morgan fingerprint density at radius 1 is 1.32 bits per heavy atom. The predicted octanol–water partition coefficient (Wildman–Crippen LogP) is 1.37. The van der Waals surface area contributed by atoms with Gasteiger partial charge in [-0.1, -0.05) is 0 Å². The molecule has 0 aliphatic heterocycles. The number of aryl methyl sites for hydroxylation is 2. The zero-order valence-corrected chi connectivity index (χ0v) is 10.4. The molecular formula is C12H12N4O3. The van der Waals surface area contributed by atoms with Crippen LogP contribution in [0.3, 0.4) is 0 Å². The highest BCUT2D eigenvalue weighted by molar-refractivity contribution is 6.02. The lowest BCUT2D eigenvalue weighted by molar-refractivity contribution is 0.0696. The van der Waals surface area contributed by atoms with Crippen molar-refractivity contribution in [1.82, 2.24) is 15.2 Å². The third-order valence-corrected chi connectivity index (χ3v) is 2.51. The number of carbonyl (C=O) groups is 2. The van der Waals surface area contributed by atoms with Gasteiger partial charge in [0.2, 0.25) is 5.82 Å². The van der Waals surface area contributed by atoms with Crippen LogP contribution in [-0.4, -0.2) is 32.2 Å². The highest BCUT2D eigenvalue weighted by atomic mass is 16.4. The fourth-order valence-corrected chi connectivity index (χ4v) is 1.61. The van der Waals surface area contributed by atoms with Crippen molar-refractivity contribution in [2.75, 3.05) is 5.32 Å². The van der Waals surface area contributed by atoms with Crippen molar-refractivity contribution in [2.24, 2.45) is 0 Å². The summed E-state index contributed by atoms with van der Waals surface area (Å²) >= 11 is 0. The quantitative estimate of drug-likeness (QED) is 0.772. The van der Waals surface area contributed by atoms with Crippen LogP contribution in [0.4, 0.5) is 5.69 Å². The van der Waals surface area contributed by atoms with E-state index in [0.717, 1.165) is 0 Å². The Hall–Kier alpha value is -2.70. The largest absolute Gasteiger partial charge is 0.478 e. The Balaban J connectivity index is 2.18. The number of hydrogen-bond donors (Lipinski definition) is 3. The number of aromatic carboxylic acids is 1. The minimum atomic E-state index is -1.00. The van der Waals surface area contributed by atoms with Gasteiger partial charge in [-0.25, -0.2) is 9.78 Å². The number of carboxylic acids is 1. The Kier molecular flexibility index (Phi) is 3.28. The number of aromatic amines is 1. The molecule has 1 aromatic heterocycles. The normalized spacial score (nSPS) is 10.2. The van der Waals surface area contributed by atoms with Gasteiger partial charge < -0.3 is 10.4 Å². The molecule has 1 aromatic carbocycles. The minimum absolute atomic E-state index is 0.0393. The van der Waals surface area contributed by atoms with E-state index in [-0.39, 0.29) is 11.4 Å². The third kappa shape index (κ3) is 2.76. The predicted molar refractivity (Wildman–Crippen MR) is 67.2 cm³/mol. The van der Waals surface area contributed by atoms with Crippen LogP contribution in [0, 0.1) is 13.8 Å². The molecule has 0 unspecified atom stereocenters. The first-order valence-corrected chi connectivity index (χ1v) is 5.51. The van der Waals surface area contributed by atoms with Gasteiger partial charge in [0.05, 0.1) is 5.56 Å². The fourth-order valence-electron chi connectivity index (χ4n) is 1.61. The highest BCUT2D eigenvalue weighted by Crippen LogP contribution is 2.15. The molecule has 0 aliphatic carbocycles. The molecule has 0 radical (unpaired) electrons. The van der Waals surface area contributed by atoms with Gasteiger partial charge in [-0.2, -0.15) is 0 Å². The van der Waals surface area contributed by atoms with E-state index in [1.165, 1.54) is 12.1 Å². The molecule has 0 bridgehead atoms. The van der Waals surface area contributed by atoms with Crippen LogP contribution in [0.1, 0.15) is 32.4 Å². The first-order chi connectivity index (χ1) is 8.97. The Morgan fingerprint density at radius 3 is 2.58 bits per heavy atom. The van der Waals surface area contributed by atoms with E-state index < -0.39 is 11.9 Å². The SMILES string of the molecule is Cc1nc(C(=O)Nc2ccc(C(=O)O)c(C)c2)n[nH]1. The van der Waals surface area contributed by atoms with Gasteiger partial charge in [-0.3, -0.25) is 9.89 Å². The maximum absolute atomic E-state index is 11.8. The molecule has 1 heterocycles. The molecule has 0 atom stereocenters. The molecule has 1 amide bonds. The summed E-state index contributed by atoms with van der Waals surface area (Å²) < 4.78 is 0. The van der Waals surface area contributed by atoms with Gasteiger partial charge in [0, 0.05) is 5.69 Å². The number of rotatable bonds is 3. The van der Waals surface area contributed by atoms with Crippen molar-refractivity contribution in [3.63, 3.8) is 0 Å². The van der Waals surface area contributed by atoms with Gasteiger partial charge in [-0.05, 0) is 37.6 Å². The molecule has 7 heteroatoms. The van der Waals surface area contributed by atoms with Crippen LogP contribution in [0.2, 0.25) is 0 Å². The summed E-state index contributed by atoms with van der Waals surface area (Å²) in [6.45, 7) is 3.35. The summed E-state index contributed by atoms with van der Waals surface area (Å²) in [6.07, 6.45) is 0. The van der Waals surface area contributed by atoms with E-state index >= 15 is 0 Å². The molecular weight excluding hydrogens is 248 g/mol. The lowest BCUT2D eigenvalue weighted by Gasteiger charge is -2.06. The van der Waals surface area contributed by atoms with E-state index in [2.05, 4.69) is 20.5 Å². The fraction of sp³-hybridized carbons (Fsp3) is 0.167. The van der Waals surface area contributed by atoms with E-state index in [4.69, 9.17) is 5.11 Å². The Bertz CT molecular complexity index is 648. The summed E-state index contributed by atoms with van der Waals surface area (Å²) in [6, 6.07) is 4.55. The molecule has 0 saturated heterocycles. The average Bonchev–Trinajstić information content (AvgIpc) is 2.75. The van der Waals surface area contributed by atoms with Gasteiger partial charge in [0.15, 0.2) is 0 Å². The smallest absolute Gasteiger partial charge is 0.335 e. The number of aromatic nitrogens is 3. The molecule has 19 heavy (non-hydrogen) atoms.